The molecule has 0 spiro atoms. The van der Waals surface area contributed by atoms with Crippen LogP contribution in [0.1, 0.15) is 42.6 Å². The van der Waals surface area contributed by atoms with Gasteiger partial charge in [0.15, 0.2) is 5.78 Å². The molecule has 3 aromatic rings. The number of anilines is 3. The maximum atomic E-state index is 12.0. The van der Waals surface area contributed by atoms with Crippen LogP contribution < -0.4 is 14.9 Å². The van der Waals surface area contributed by atoms with Gasteiger partial charge in [-0.2, -0.15) is 0 Å². The van der Waals surface area contributed by atoms with Crippen molar-refractivity contribution in [3.05, 3.63) is 71.8 Å². The van der Waals surface area contributed by atoms with Crippen molar-refractivity contribution in [1.82, 2.24) is 4.72 Å². The fourth-order valence-electron chi connectivity index (χ4n) is 3.95. The van der Waals surface area contributed by atoms with Crippen LogP contribution in [0.2, 0.25) is 0 Å². The Morgan fingerprint density at radius 3 is 2.55 bits per heavy atom. The minimum Gasteiger partial charge on any atom is -0.388 e. The molecule has 2 aliphatic rings. The first-order valence-corrected chi connectivity index (χ1v) is 12.4. The van der Waals surface area contributed by atoms with E-state index < -0.39 is 6.61 Å². The number of rotatable bonds is 4. The molecule has 33 heavy (non-hydrogen) atoms. The maximum Gasteiger partial charge on any atom is 0.188 e. The quantitative estimate of drug-likeness (QED) is 0.327. The van der Waals surface area contributed by atoms with E-state index in [4.69, 9.17) is 0 Å². The lowest BCUT2D eigenvalue weighted by atomic mass is 9.91. The van der Waals surface area contributed by atoms with Gasteiger partial charge in [-0.3, -0.25) is 9.52 Å². The second-order valence-corrected chi connectivity index (χ2v) is 9.09. The number of aliphatic hydroxyl groups excluding tert-OH is 1. The van der Waals surface area contributed by atoms with Crippen LogP contribution in [0.25, 0.3) is 11.1 Å². The molecule has 0 unspecified atom stereocenters. The van der Waals surface area contributed by atoms with Gasteiger partial charge in [0.2, 0.25) is 0 Å². The van der Waals surface area contributed by atoms with Crippen LogP contribution in [0.5, 0.6) is 0 Å². The van der Waals surface area contributed by atoms with Crippen molar-refractivity contribution in [1.29, 1.82) is 0 Å². The predicted octanol–water partition coefficient (Wildman–Crippen LogP) is 6.01. The van der Waals surface area contributed by atoms with Gasteiger partial charge in [0.1, 0.15) is 6.61 Å². The second-order valence-electron chi connectivity index (χ2n) is 8.16. The highest BCUT2D eigenvalue weighted by Crippen LogP contribution is 2.44. The van der Waals surface area contributed by atoms with Crippen molar-refractivity contribution >= 4 is 34.8 Å². The first-order valence-electron chi connectivity index (χ1n) is 11.6. The zero-order valence-electron chi connectivity index (χ0n) is 19.2. The summed E-state index contributed by atoms with van der Waals surface area (Å²) in [5.74, 6) is -0.256. The highest BCUT2D eigenvalue weighted by atomic mass is 32.2. The molecule has 6 heteroatoms. The molecular weight excluding hydrogens is 430 g/mol. The minimum absolute atomic E-state index is 0.256. The van der Waals surface area contributed by atoms with Crippen LogP contribution in [0, 0.1) is 0 Å². The minimum atomic E-state index is -0.472. The van der Waals surface area contributed by atoms with E-state index in [1.54, 1.807) is 18.0 Å². The number of carbonyl (C=O) groups is 1. The average Bonchev–Trinajstić information content (AvgIpc) is 3.09. The summed E-state index contributed by atoms with van der Waals surface area (Å²) in [5, 5.41) is 12.8. The molecule has 3 N–H and O–H groups in total. The number of Topliss-reactive ketones (excluding diaryl/α,β-unsaturated/α-hetero) is 1. The molecule has 0 bridgehead atoms. The number of carbonyl (C=O) groups excluding carboxylic acids is 1. The summed E-state index contributed by atoms with van der Waals surface area (Å²) >= 11 is 1.64. The molecule has 0 aromatic heterocycles. The van der Waals surface area contributed by atoms with E-state index in [2.05, 4.69) is 65.2 Å². The van der Waals surface area contributed by atoms with Crippen LogP contribution >= 0.6 is 11.9 Å². The first kappa shape index (κ1) is 23.4. The lowest BCUT2D eigenvalue weighted by molar-refractivity contribution is 0.0904. The standard InChI is InChI=1S/C23H21N3O2S.C4H10/c27-14-22(28)15-6-7-16-13-24-20-12-21-23(11-19(20)18(16)10-15)29-25-8-9-26(21)17-4-2-1-3-5-17;1-3-4-2/h1-7,10-12,24-25,27H,8-9,13-14H2;3-4H2,1-2H3. The molecule has 2 heterocycles. The summed E-state index contributed by atoms with van der Waals surface area (Å²) in [6, 6.07) is 20.5. The smallest absolute Gasteiger partial charge is 0.188 e. The van der Waals surface area contributed by atoms with Crippen molar-refractivity contribution in [2.75, 3.05) is 29.9 Å². The van der Waals surface area contributed by atoms with Gasteiger partial charge in [-0.15, -0.1) is 0 Å². The molecule has 0 atom stereocenters. The van der Waals surface area contributed by atoms with Gasteiger partial charge >= 0.3 is 0 Å². The van der Waals surface area contributed by atoms with Crippen molar-refractivity contribution < 1.29 is 9.90 Å². The van der Waals surface area contributed by atoms with Crippen molar-refractivity contribution in [2.45, 2.75) is 38.1 Å². The molecule has 0 radical (unpaired) electrons. The Bertz CT molecular complexity index is 1120. The van der Waals surface area contributed by atoms with Crippen molar-refractivity contribution in [2.24, 2.45) is 0 Å². The lowest BCUT2D eigenvalue weighted by Gasteiger charge is -2.28. The lowest BCUT2D eigenvalue weighted by Crippen LogP contribution is -2.23. The summed E-state index contributed by atoms with van der Waals surface area (Å²) in [5.41, 5.74) is 7.24. The van der Waals surface area contributed by atoms with Gasteiger partial charge in [-0.1, -0.05) is 57.0 Å². The topological polar surface area (TPSA) is 64.6 Å². The Morgan fingerprint density at radius 1 is 1.03 bits per heavy atom. The number of ketones is 1. The summed E-state index contributed by atoms with van der Waals surface area (Å²) in [7, 11) is 0. The summed E-state index contributed by atoms with van der Waals surface area (Å²) in [6.45, 7) is 6.36. The molecule has 172 valence electrons. The largest absolute Gasteiger partial charge is 0.388 e. The van der Waals surface area contributed by atoms with E-state index in [1.807, 2.05) is 18.2 Å². The van der Waals surface area contributed by atoms with Crippen LogP contribution in [0.4, 0.5) is 17.1 Å². The van der Waals surface area contributed by atoms with Gasteiger partial charge in [0.25, 0.3) is 0 Å². The number of hydrogen-bond donors (Lipinski definition) is 3. The maximum absolute atomic E-state index is 12.0. The van der Waals surface area contributed by atoms with Crippen LogP contribution in [0.15, 0.2) is 65.6 Å². The fourth-order valence-corrected chi connectivity index (χ4v) is 4.75. The number of benzene rings is 3. The van der Waals surface area contributed by atoms with Gasteiger partial charge < -0.3 is 15.3 Å². The van der Waals surface area contributed by atoms with Crippen molar-refractivity contribution in [3.8, 4) is 11.1 Å². The highest BCUT2D eigenvalue weighted by Gasteiger charge is 2.24. The molecule has 3 aromatic carbocycles. The number of aliphatic hydroxyl groups is 1. The predicted molar refractivity (Wildman–Crippen MR) is 139 cm³/mol. The molecular formula is C27H31N3O2S. The number of fused-ring (bicyclic) bond motifs is 4. The van der Waals surface area contributed by atoms with E-state index in [0.29, 0.717) is 12.1 Å². The molecule has 0 fully saturated rings. The Balaban J connectivity index is 0.000000601. The SMILES string of the molecule is CCCC.O=C(CO)c1ccc2c(c1)-c1cc3c(cc1NC2)N(c1ccccc1)CCNS3. The normalized spacial score (nSPS) is 14.0. The summed E-state index contributed by atoms with van der Waals surface area (Å²) in [6.07, 6.45) is 2.64. The third kappa shape index (κ3) is 5.08. The Hall–Kier alpha value is -2.80. The van der Waals surface area contributed by atoms with E-state index in [-0.39, 0.29) is 5.78 Å². The molecule has 0 saturated carbocycles. The molecule has 0 amide bonds. The highest BCUT2D eigenvalue weighted by molar-refractivity contribution is 7.97. The molecule has 5 rings (SSSR count). The molecule has 0 saturated heterocycles. The zero-order chi connectivity index (χ0) is 23.2. The Labute approximate surface area is 200 Å². The van der Waals surface area contributed by atoms with Crippen LogP contribution in [0.3, 0.4) is 0 Å². The first-order chi connectivity index (χ1) is 16.2. The van der Waals surface area contributed by atoms with E-state index >= 15 is 0 Å². The monoisotopic (exact) mass is 461 g/mol. The van der Waals surface area contributed by atoms with Gasteiger partial charge in [0, 0.05) is 47.0 Å². The van der Waals surface area contributed by atoms with Crippen LogP contribution in [-0.4, -0.2) is 30.6 Å². The Morgan fingerprint density at radius 2 is 1.82 bits per heavy atom. The number of hydrogen-bond acceptors (Lipinski definition) is 6. The van der Waals surface area contributed by atoms with E-state index in [1.165, 1.54) is 24.2 Å². The van der Waals surface area contributed by atoms with E-state index in [9.17, 15) is 9.90 Å². The van der Waals surface area contributed by atoms with Gasteiger partial charge in [0.05, 0.1) is 5.69 Å². The van der Waals surface area contributed by atoms with Gasteiger partial charge in [-0.05, 0) is 53.4 Å². The number of para-hydroxylation sites is 1. The molecule has 2 aliphatic heterocycles. The zero-order valence-corrected chi connectivity index (χ0v) is 20.0. The number of nitrogens with one attached hydrogen (secondary N) is 2. The second kappa shape index (κ2) is 10.9. The molecule has 0 aliphatic carbocycles. The summed E-state index contributed by atoms with van der Waals surface area (Å²) in [4.78, 5) is 15.5. The van der Waals surface area contributed by atoms with E-state index in [0.717, 1.165) is 40.4 Å². The van der Waals surface area contributed by atoms with Crippen molar-refractivity contribution in [3.63, 3.8) is 0 Å². The number of unbranched alkanes of at least 4 members (excludes halogenated alkanes) is 1. The summed E-state index contributed by atoms with van der Waals surface area (Å²) < 4.78 is 3.44. The van der Waals surface area contributed by atoms with Crippen LogP contribution in [-0.2, 0) is 6.54 Å². The number of nitrogens with zero attached hydrogens (tertiary/aromatic N) is 1. The third-order valence-corrected chi connectivity index (χ3v) is 6.81. The van der Waals surface area contributed by atoms with Gasteiger partial charge in [-0.25, -0.2) is 0 Å². The fraction of sp³-hybridized carbons (Fsp3) is 0.296. The third-order valence-electron chi connectivity index (χ3n) is 5.91. The average molecular weight is 462 g/mol. The Kier molecular flexibility index (Phi) is 7.70. The molecule has 5 nitrogen and oxygen atoms in total.